The first kappa shape index (κ1) is 13.2. The van der Waals surface area contributed by atoms with Crippen LogP contribution in [0, 0.1) is 5.41 Å². The summed E-state index contributed by atoms with van der Waals surface area (Å²) in [6.07, 6.45) is 8.52. The van der Waals surface area contributed by atoms with E-state index in [0.29, 0.717) is 0 Å². The lowest BCUT2D eigenvalue weighted by molar-refractivity contribution is 0.0729. The predicted molar refractivity (Wildman–Crippen MR) is 77.0 cm³/mol. The molecule has 0 spiro atoms. The molecule has 0 aromatic carbocycles. The van der Waals surface area contributed by atoms with Crippen LogP contribution in [0.2, 0.25) is 0 Å². The zero-order chi connectivity index (χ0) is 13.6. The third kappa shape index (κ3) is 2.34. The number of nitrogens with two attached hydrogens (primary N) is 1. The molecule has 0 aliphatic heterocycles. The topological polar surface area (TPSA) is 51.2 Å². The van der Waals surface area contributed by atoms with Gasteiger partial charge in [-0.25, -0.2) is 0 Å². The second kappa shape index (κ2) is 4.64. The standard InChI is InChI=1S/C16H26N2O/c1-16(2)9-12(17)11-7-8-18(14(11)10-16)13-5-3-4-6-15(13)19/h7-8,12-13,15,19H,3-6,9-10,17H2,1-2H3. The van der Waals surface area contributed by atoms with Gasteiger partial charge in [0.05, 0.1) is 12.1 Å². The van der Waals surface area contributed by atoms with Gasteiger partial charge < -0.3 is 15.4 Å². The fraction of sp³-hybridized carbons (Fsp3) is 0.750. The van der Waals surface area contributed by atoms with E-state index in [1.807, 2.05) is 0 Å². The highest BCUT2D eigenvalue weighted by molar-refractivity contribution is 5.31. The Labute approximate surface area is 115 Å². The molecule has 3 nitrogen and oxygen atoms in total. The number of nitrogens with zero attached hydrogens (tertiary/aromatic N) is 1. The molecule has 2 aliphatic carbocycles. The lowest BCUT2D eigenvalue weighted by atomic mass is 9.74. The SMILES string of the molecule is CC1(C)Cc2c(ccn2C2CCCCC2O)C(N)C1. The van der Waals surface area contributed by atoms with E-state index in [9.17, 15) is 5.11 Å². The Hall–Kier alpha value is -0.800. The summed E-state index contributed by atoms with van der Waals surface area (Å²) in [5.74, 6) is 0. The summed E-state index contributed by atoms with van der Waals surface area (Å²) in [5.41, 5.74) is 9.26. The third-order valence-electron chi connectivity index (χ3n) is 4.93. The molecule has 0 radical (unpaired) electrons. The zero-order valence-electron chi connectivity index (χ0n) is 12.1. The molecule has 3 unspecified atom stereocenters. The highest BCUT2D eigenvalue weighted by Crippen LogP contribution is 2.42. The van der Waals surface area contributed by atoms with Crippen LogP contribution >= 0.6 is 0 Å². The number of rotatable bonds is 1. The van der Waals surface area contributed by atoms with Gasteiger partial charge in [-0.1, -0.05) is 26.7 Å². The van der Waals surface area contributed by atoms with Gasteiger partial charge in [-0.3, -0.25) is 0 Å². The van der Waals surface area contributed by atoms with Gasteiger partial charge >= 0.3 is 0 Å². The van der Waals surface area contributed by atoms with Crippen LogP contribution in [0.4, 0.5) is 0 Å². The highest BCUT2D eigenvalue weighted by atomic mass is 16.3. The summed E-state index contributed by atoms with van der Waals surface area (Å²) < 4.78 is 2.33. The molecule has 0 bridgehead atoms. The molecule has 0 saturated heterocycles. The van der Waals surface area contributed by atoms with Crippen molar-refractivity contribution >= 4 is 0 Å². The first-order valence-corrected chi connectivity index (χ1v) is 7.61. The van der Waals surface area contributed by atoms with Gasteiger partial charge in [-0.05, 0) is 42.7 Å². The van der Waals surface area contributed by atoms with Gasteiger partial charge in [0.15, 0.2) is 0 Å². The average Bonchev–Trinajstić information content (AvgIpc) is 2.72. The number of hydrogen-bond acceptors (Lipinski definition) is 2. The van der Waals surface area contributed by atoms with E-state index in [1.165, 1.54) is 17.7 Å². The van der Waals surface area contributed by atoms with Crippen LogP contribution in [-0.2, 0) is 6.42 Å². The minimum Gasteiger partial charge on any atom is -0.391 e. The van der Waals surface area contributed by atoms with Crippen molar-refractivity contribution in [2.45, 2.75) is 70.6 Å². The van der Waals surface area contributed by atoms with Crippen molar-refractivity contribution in [3.63, 3.8) is 0 Å². The third-order valence-corrected chi connectivity index (χ3v) is 4.93. The molecule has 19 heavy (non-hydrogen) atoms. The molecule has 106 valence electrons. The van der Waals surface area contributed by atoms with Crippen LogP contribution in [0.3, 0.4) is 0 Å². The first-order valence-electron chi connectivity index (χ1n) is 7.61. The molecule has 1 heterocycles. The Morgan fingerprint density at radius 1 is 1.32 bits per heavy atom. The first-order chi connectivity index (χ1) is 8.98. The largest absolute Gasteiger partial charge is 0.391 e. The molecule has 3 N–H and O–H groups in total. The Kier molecular flexibility index (Phi) is 3.22. The van der Waals surface area contributed by atoms with E-state index in [-0.39, 0.29) is 23.6 Å². The van der Waals surface area contributed by atoms with Gasteiger partial charge in [0.2, 0.25) is 0 Å². The molecule has 1 fully saturated rings. The van der Waals surface area contributed by atoms with Crippen LogP contribution in [0.1, 0.15) is 69.3 Å². The minimum atomic E-state index is -0.188. The number of aromatic nitrogens is 1. The van der Waals surface area contributed by atoms with Crippen LogP contribution in [-0.4, -0.2) is 15.8 Å². The summed E-state index contributed by atoms with van der Waals surface area (Å²) in [4.78, 5) is 0. The van der Waals surface area contributed by atoms with Gasteiger partial charge in [0.25, 0.3) is 0 Å². The van der Waals surface area contributed by atoms with E-state index >= 15 is 0 Å². The predicted octanol–water partition coefficient (Wildman–Crippen LogP) is 2.94. The lowest BCUT2D eigenvalue weighted by Gasteiger charge is -2.37. The molecule has 1 aromatic rings. The maximum Gasteiger partial charge on any atom is 0.0747 e. The zero-order valence-corrected chi connectivity index (χ0v) is 12.1. The smallest absolute Gasteiger partial charge is 0.0747 e. The fourth-order valence-corrected chi connectivity index (χ4v) is 3.98. The van der Waals surface area contributed by atoms with Crippen molar-refractivity contribution < 1.29 is 5.11 Å². The van der Waals surface area contributed by atoms with E-state index in [2.05, 4.69) is 30.7 Å². The van der Waals surface area contributed by atoms with Crippen molar-refractivity contribution in [1.82, 2.24) is 4.57 Å². The van der Waals surface area contributed by atoms with Crippen LogP contribution in [0.25, 0.3) is 0 Å². The summed E-state index contributed by atoms with van der Waals surface area (Å²) in [5, 5.41) is 10.3. The van der Waals surface area contributed by atoms with E-state index in [4.69, 9.17) is 5.73 Å². The number of aliphatic hydroxyl groups is 1. The van der Waals surface area contributed by atoms with Gasteiger partial charge in [0, 0.05) is 17.9 Å². The maximum absolute atomic E-state index is 10.3. The Morgan fingerprint density at radius 2 is 2.05 bits per heavy atom. The second-order valence-electron chi connectivity index (χ2n) is 7.20. The van der Waals surface area contributed by atoms with E-state index in [1.54, 1.807) is 0 Å². The van der Waals surface area contributed by atoms with Crippen LogP contribution in [0.15, 0.2) is 12.3 Å². The van der Waals surface area contributed by atoms with Crippen LogP contribution in [0.5, 0.6) is 0 Å². The van der Waals surface area contributed by atoms with E-state index in [0.717, 1.165) is 32.1 Å². The fourth-order valence-electron chi connectivity index (χ4n) is 3.98. The molecule has 2 aliphatic rings. The molecule has 1 saturated carbocycles. The van der Waals surface area contributed by atoms with Gasteiger partial charge in [0.1, 0.15) is 0 Å². The van der Waals surface area contributed by atoms with Crippen molar-refractivity contribution in [1.29, 1.82) is 0 Å². The summed E-state index contributed by atoms with van der Waals surface area (Å²) in [6.45, 7) is 4.59. The Morgan fingerprint density at radius 3 is 2.79 bits per heavy atom. The molecule has 1 aromatic heterocycles. The average molecular weight is 262 g/mol. The van der Waals surface area contributed by atoms with Crippen LogP contribution < -0.4 is 5.73 Å². The van der Waals surface area contributed by atoms with E-state index < -0.39 is 0 Å². The summed E-state index contributed by atoms with van der Waals surface area (Å²) in [7, 11) is 0. The molecule has 3 rings (SSSR count). The summed E-state index contributed by atoms with van der Waals surface area (Å²) in [6, 6.07) is 2.59. The molecular weight excluding hydrogens is 236 g/mol. The number of fused-ring (bicyclic) bond motifs is 1. The van der Waals surface area contributed by atoms with Crippen molar-refractivity contribution in [3.05, 3.63) is 23.5 Å². The molecular formula is C16H26N2O. The number of aliphatic hydroxyl groups excluding tert-OH is 1. The highest BCUT2D eigenvalue weighted by Gasteiger charge is 2.35. The lowest BCUT2D eigenvalue weighted by Crippen LogP contribution is -2.33. The molecule has 0 amide bonds. The summed E-state index contributed by atoms with van der Waals surface area (Å²) >= 11 is 0. The normalized spacial score (nSPS) is 34.0. The Balaban J connectivity index is 1.96. The second-order valence-corrected chi connectivity index (χ2v) is 7.20. The van der Waals surface area contributed by atoms with Crippen molar-refractivity contribution in [3.8, 4) is 0 Å². The monoisotopic (exact) mass is 262 g/mol. The molecule has 3 atom stereocenters. The molecule has 3 heteroatoms. The Bertz CT molecular complexity index is 463. The minimum absolute atomic E-state index is 0.153. The van der Waals surface area contributed by atoms with Crippen molar-refractivity contribution in [2.75, 3.05) is 0 Å². The van der Waals surface area contributed by atoms with Gasteiger partial charge in [-0.2, -0.15) is 0 Å². The van der Waals surface area contributed by atoms with Gasteiger partial charge in [-0.15, -0.1) is 0 Å². The quantitative estimate of drug-likeness (QED) is 0.817. The number of hydrogen-bond donors (Lipinski definition) is 2. The van der Waals surface area contributed by atoms with Crippen molar-refractivity contribution in [2.24, 2.45) is 11.1 Å². The maximum atomic E-state index is 10.3.